The molecule has 2 aliphatic rings. The maximum Gasteiger partial charge on any atom is 0.330 e. The van der Waals surface area contributed by atoms with Crippen molar-refractivity contribution < 1.29 is 9.59 Å². The van der Waals surface area contributed by atoms with Gasteiger partial charge in [-0.15, -0.1) is 0 Å². The zero-order valence-electron chi connectivity index (χ0n) is 19.0. The topological polar surface area (TPSA) is 127 Å². The zero-order valence-corrected chi connectivity index (χ0v) is 19.8. The summed E-state index contributed by atoms with van der Waals surface area (Å²) >= 11 is 1.20. The van der Waals surface area contributed by atoms with Crippen molar-refractivity contribution in [2.75, 3.05) is 5.75 Å². The fourth-order valence-electron chi connectivity index (χ4n) is 4.00. The zero-order chi connectivity index (χ0) is 24.0. The Labute approximate surface area is 199 Å². The molecule has 0 aliphatic heterocycles. The maximum absolute atomic E-state index is 12.9. The second kappa shape index (κ2) is 8.83. The first-order chi connectivity index (χ1) is 16.3. The summed E-state index contributed by atoms with van der Waals surface area (Å²) in [5.41, 5.74) is 0.849. The molecule has 0 saturated heterocycles. The van der Waals surface area contributed by atoms with E-state index >= 15 is 0 Å². The van der Waals surface area contributed by atoms with Crippen LogP contribution in [0, 0.1) is 0 Å². The minimum atomic E-state index is -0.523. The average molecular weight is 480 g/mol. The van der Waals surface area contributed by atoms with Crippen LogP contribution in [-0.2, 0) is 4.79 Å². The summed E-state index contributed by atoms with van der Waals surface area (Å²) in [5.74, 6) is 0.751. The number of amides is 1. The molecule has 1 unspecified atom stereocenters. The Hall–Kier alpha value is -3.27. The van der Waals surface area contributed by atoms with Gasteiger partial charge < -0.3 is 5.32 Å². The van der Waals surface area contributed by atoms with Crippen molar-refractivity contribution in [3.63, 3.8) is 0 Å². The third-order valence-corrected chi connectivity index (χ3v) is 7.09. The maximum atomic E-state index is 12.9. The van der Waals surface area contributed by atoms with E-state index in [1.807, 2.05) is 19.1 Å². The van der Waals surface area contributed by atoms with Crippen molar-refractivity contribution in [2.24, 2.45) is 0 Å². The van der Waals surface area contributed by atoms with E-state index in [9.17, 15) is 19.2 Å². The lowest BCUT2D eigenvalue weighted by Gasteiger charge is -2.13. The standard InChI is InChI=1S/C24H25N5O4S/c1-12(25-13(2)30)14-3-5-15(6-4-14)18(31)11-34-23-19-21(26-20(27-23)16-7-8-16)29(17-9-10-17)24(33)28-22(19)32/h3-6,12,16-17H,7-11H2,1-2H3,(H,25,30)(H,28,32,33). The molecule has 1 atom stereocenters. The molecule has 5 rings (SSSR count). The molecule has 1 amide bonds. The highest BCUT2D eigenvalue weighted by Gasteiger charge is 2.32. The van der Waals surface area contributed by atoms with Crippen LogP contribution < -0.4 is 16.6 Å². The van der Waals surface area contributed by atoms with E-state index in [1.54, 1.807) is 16.7 Å². The van der Waals surface area contributed by atoms with Crippen LogP contribution in [0.25, 0.3) is 11.0 Å². The van der Waals surface area contributed by atoms with Crippen molar-refractivity contribution in [1.82, 2.24) is 24.8 Å². The summed E-state index contributed by atoms with van der Waals surface area (Å²) in [6.45, 7) is 3.34. The summed E-state index contributed by atoms with van der Waals surface area (Å²) in [6.07, 6.45) is 3.71. The normalized spacial score (nSPS) is 16.4. The van der Waals surface area contributed by atoms with E-state index < -0.39 is 11.2 Å². The van der Waals surface area contributed by atoms with Gasteiger partial charge in [0.1, 0.15) is 16.2 Å². The van der Waals surface area contributed by atoms with E-state index in [-0.39, 0.29) is 40.8 Å². The second-order valence-corrected chi connectivity index (χ2v) is 9.94. The van der Waals surface area contributed by atoms with Gasteiger partial charge >= 0.3 is 5.69 Å². The van der Waals surface area contributed by atoms with Gasteiger partial charge in [0.15, 0.2) is 11.4 Å². The van der Waals surface area contributed by atoms with E-state index in [0.29, 0.717) is 22.1 Å². The molecule has 1 aromatic carbocycles. The van der Waals surface area contributed by atoms with Crippen LogP contribution in [-0.4, -0.2) is 37.0 Å². The SMILES string of the molecule is CC(=O)NC(C)c1ccc(C(=O)CSc2nc(C3CC3)nc3c2c(=O)[nH]c(=O)n3C2CC2)cc1. The van der Waals surface area contributed by atoms with Crippen LogP contribution >= 0.6 is 11.8 Å². The van der Waals surface area contributed by atoms with Crippen molar-refractivity contribution in [3.8, 4) is 0 Å². The number of ketones is 1. The summed E-state index contributed by atoms with van der Waals surface area (Å²) in [7, 11) is 0. The van der Waals surface area contributed by atoms with Crippen LogP contribution in [0.1, 0.15) is 79.3 Å². The number of nitrogens with one attached hydrogen (secondary N) is 2. The molecule has 3 aromatic rings. The number of rotatable bonds is 8. The minimum Gasteiger partial charge on any atom is -0.350 e. The number of hydrogen-bond acceptors (Lipinski definition) is 7. The highest BCUT2D eigenvalue weighted by molar-refractivity contribution is 8.00. The van der Waals surface area contributed by atoms with Crippen LogP contribution in [0.15, 0.2) is 38.9 Å². The summed E-state index contributed by atoms with van der Waals surface area (Å²) < 4.78 is 1.57. The van der Waals surface area contributed by atoms with E-state index in [0.717, 1.165) is 31.2 Å². The molecule has 2 saturated carbocycles. The van der Waals surface area contributed by atoms with Gasteiger partial charge in [0.25, 0.3) is 5.56 Å². The van der Waals surface area contributed by atoms with E-state index in [1.165, 1.54) is 18.7 Å². The molecule has 2 aromatic heterocycles. The van der Waals surface area contributed by atoms with Crippen molar-refractivity contribution >= 4 is 34.5 Å². The Bertz CT molecular complexity index is 1400. The third-order valence-electron chi connectivity index (χ3n) is 6.12. The second-order valence-electron chi connectivity index (χ2n) is 8.98. The summed E-state index contributed by atoms with van der Waals surface area (Å²) in [6, 6.07) is 7.02. The number of thioether (sulfide) groups is 1. The van der Waals surface area contributed by atoms with Gasteiger partial charge in [-0.1, -0.05) is 36.0 Å². The largest absolute Gasteiger partial charge is 0.350 e. The number of fused-ring (bicyclic) bond motifs is 1. The monoisotopic (exact) mass is 479 g/mol. The predicted octanol–water partition coefficient (Wildman–Crippen LogP) is 2.86. The summed E-state index contributed by atoms with van der Waals surface area (Å²) in [5, 5.41) is 3.53. The molecule has 9 nitrogen and oxygen atoms in total. The number of aromatic nitrogens is 4. The smallest absolute Gasteiger partial charge is 0.330 e. The Morgan fingerprint density at radius 2 is 1.85 bits per heavy atom. The molecule has 0 radical (unpaired) electrons. The van der Waals surface area contributed by atoms with Crippen molar-refractivity contribution in [3.05, 3.63) is 62.1 Å². The highest BCUT2D eigenvalue weighted by Crippen LogP contribution is 2.40. The first-order valence-electron chi connectivity index (χ1n) is 11.4. The number of hydrogen-bond donors (Lipinski definition) is 2. The number of Topliss-reactive ketones (excluding diaryl/α,β-unsaturated/α-hetero) is 1. The summed E-state index contributed by atoms with van der Waals surface area (Å²) in [4.78, 5) is 61.0. The number of H-pyrrole nitrogens is 1. The van der Waals surface area contributed by atoms with Gasteiger partial charge in [0, 0.05) is 24.4 Å². The molecule has 0 bridgehead atoms. The first kappa shape index (κ1) is 22.5. The lowest BCUT2D eigenvalue weighted by Crippen LogP contribution is -2.31. The van der Waals surface area contributed by atoms with Crippen LogP contribution in [0.3, 0.4) is 0 Å². The number of carbonyl (C=O) groups excluding carboxylic acids is 2. The molecule has 2 aliphatic carbocycles. The van der Waals surface area contributed by atoms with Gasteiger partial charge in [-0.25, -0.2) is 14.8 Å². The number of aromatic amines is 1. The molecule has 34 heavy (non-hydrogen) atoms. The molecular formula is C24H25N5O4S. The Kier molecular flexibility index (Phi) is 5.85. The van der Waals surface area contributed by atoms with Gasteiger partial charge in [0.2, 0.25) is 5.91 Å². The lowest BCUT2D eigenvalue weighted by molar-refractivity contribution is -0.119. The lowest BCUT2D eigenvalue weighted by atomic mass is 10.0. The fraction of sp³-hybridized carbons (Fsp3) is 0.417. The molecular weight excluding hydrogens is 454 g/mol. The first-order valence-corrected chi connectivity index (χ1v) is 12.4. The van der Waals surface area contributed by atoms with Gasteiger partial charge in [-0.3, -0.25) is 23.9 Å². The van der Waals surface area contributed by atoms with Gasteiger partial charge in [0.05, 0.1) is 11.8 Å². The average Bonchev–Trinajstić information content (AvgIpc) is 3.70. The molecule has 176 valence electrons. The predicted molar refractivity (Wildman–Crippen MR) is 128 cm³/mol. The molecule has 2 N–H and O–H groups in total. The van der Waals surface area contributed by atoms with Gasteiger partial charge in [-0.2, -0.15) is 0 Å². The van der Waals surface area contributed by atoms with Crippen LogP contribution in [0.5, 0.6) is 0 Å². The number of benzene rings is 1. The molecule has 0 spiro atoms. The number of nitrogens with zero attached hydrogens (tertiary/aromatic N) is 3. The molecule has 2 fully saturated rings. The quantitative estimate of drug-likeness (QED) is 0.289. The highest BCUT2D eigenvalue weighted by atomic mass is 32.2. The Balaban J connectivity index is 1.42. The van der Waals surface area contributed by atoms with Crippen LogP contribution in [0.4, 0.5) is 0 Å². The third kappa shape index (κ3) is 4.54. The van der Waals surface area contributed by atoms with Crippen LogP contribution in [0.2, 0.25) is 0 Å². The Morgan fingerprint density at radius 3 is 2.47 bits per heavy atom. The fourth-order valence-corrected chi connectivity index (χ4v) is 4.92. The van der Waals surface area contributed by atoms with Crippen molar-refractivity contribution in [1.29, 1.82) is 0 Å². The van der Waals surface area contributed by atoms with E-state index in [2.05, 4.69) is 20.3 Å². The van der Waals surface area contributed by atoms with Crippen molar-refractivity contribution in [2.45, 2.75) is 62.6 Å². The van der Waals surface area contributed by atoms with Gasteiger partial charge in [-0.05, 0) is 38.2 Å². The Morgan fingerprint density at radius 1 is 1.15 bits per heavy atom. The molecule has 10 heteroatoms. The number of carbonyl (C=O) groups is 2. The minimum absolute atomic E-state index is 0.0479. The van der Waals surface area contributed by atoms with E-state index in [4.69, 9.17) is 0 Å². The molecule has 2 heterocycles.